The van der Waals surface area contributed by atoms with Crippen LogP contribution in [-0.4, -0.2) is 37.4 Å². The fourth-order valence-corrected chi connectivity index (χ4v) is 2.38. The van der Waals surface area contributed by atoms with E-state index in [9.17, 15) is 0 Å². The largest absolute Gasteiger partial charge is 1.00 e. The molecule has 0 aliphatic rings. The first-order valence-corrected chi connectivity index (χ1v) is 6.22. The highest BCUT2D eigenvalue weighted by Gasteiger charge is 2.19. The first kappa shape index (κ1) is 12.4. The van der Waals surface area contributed by atoms with Gasteiger partial charge < -0.3 is 17.5 Å². The standard InChI is InChI=1S/C6H16OP.ClH/c1-6(7)5-8(2,3)4;/h6-7H,5H2,1-4H3;1H/q+1;/p-1. The summed E-state index contributed by atoms with van der Waals surface area (Å²) < 4.78 is 0. The van der Waals surface area contributed by atoms with E-state index in [0.717, 1.165) is 6.16 Å². The third-order valence-electron chi connectivity index (χ3n) is 0.812. The van der Waals surface area contributed by atoms with Gasteiger partial charge in [-0.3, -0.25) is 0 Å². The van der Waals surface area contributed by atoms with Gasteiger partial charge in [0.2, 0.25) is 0 Å². The van der Waals surface area contributed by atoms with Crippen molar-refractivity contribution in [1.29, 1.82) is 0 Å². The first-order valence-electron chi connectivity index (χ1n) is 2.90. The molecule has 3 heteroatoms. The molecule has 0 saturated carbocycles. The van der Waals surface area contributed by atoms with E-state index in [2.05, 4.69) is 20.0 Å². The third-order valence-corrected chi connectivity index (χ3v) is 2.44. The van der Waals surface area contributed by atoms with E-state index in [4.69, 9.17) is 5.11 Å². The van der Waals surface area contributed by atoms with Crippen molar-refractivity contribution in [1.82, 2.24) is 0 Å². The smallest absolute Gasteiger partial charge is 0.0846 e. The van der Waals surface area contributed by atoms with Crippen molar-refractivity contribution in [3.05, 3.63) is 0 Å². The van der Waals surface area contributed by atoms with Crippen molar-refractivity contribution in [3.8, 4) is 0 Å². The molecule has 0 aliphatic carbocycles. The lowest BCUT2D eigenvalue weighted by molar-refractivity contribution is -0.00000447. The summed E-state index contributed by atoms with van der Waals surface area (Å²) >= 11 is 0. The molecule has 1 nitrogen and oxygen atoms in total. The fourth-order valence-electron chi connectivity index (χ4n) is 0.793. The SMILES string of the molecule is CC(O)C[P+](C)(C)C.[Cl-]. The molecule has 0 spiro atoms. The number of halogens is 1. The highest BCUT2D eigenvalue weighted by atomic mass is 35.5. The van der Waals surface area contributed by atoms with Gasteiger partial charge in [0.25, 0.3) is 0 Å². The van der Waals surface area contributed by atoms with Crippen molar-refractivity contribution >= 4 is 7.26 Å². The van der Waals surface area contributed by atoms with Gasteiger partial charge in [-0.2, -0.15) is 0 Å². The lowest BCUT2D eigenvalue weighted by atomic mass is 10.5. The second-order valence-corrected chi connectivity index (χ2v) is 8.27. The Morgan fingerprint density at radius 3 is 1.67 bits per heavy atom. The van der Waals surface area contributed by atoms with E-state index in [1.165, 1.54) is 0 Å². The van der Waals surface area contributed by atoms with Gasteiger partial charge in [-0.05, 0) is 6.92 Å². The Labute approximate surface area is 64.6 Å². The van der Waals surface area contributed by atoms with Gasteiger partial charge in [0.15, 0.2) is 0 Å². The van der Waals surface area contributed by atoms with Crippen LogP contribution in [0.5, 0.6) is 0 Å². The maximum Gasteiger partial charge on any atom is 0.0846 e. The minimum absolute atomic E-state index is 0. The zero-order valence-corrected chi connectivity index (χ0v) is 8.21. The summed E-state index contributed by atoms with van der Waals surface area (Å²) in [6.07, 6.45) is 0.885. The summed E-state index contributed by atoms with van der Waals surface area (Å²) in [5.74, 6) is 0. The molecule has 0 rings (SSSR count). The number of hydrogen-bond donors (Lipinski definition) is 1. The van der Waals surface area contributed by atoms with Crippen LogP contribution in [0.15, 0.2) is 0 Å². The molecule has 0 aromatic heterocycles. The van der Waals surface area contributed by atoms with E-state index in [1.54, 1.807) is 0 Å². The van der Waals surface area contributed by atoms with Crippen LogP contribution in [0.4, 0.5) is 0 Å². The van der Waals surface area contributed by atoms with Crippen molar-refractivity contribution in [3.63, 3.8) is 0 Å². The van der Waals surface area contributed by atoms with Gasteiger partial charge in [-0.1, -0.05) is 0 Å². The maximum atomic E-state index is 8.92. The third kappa shape index (κ3) is 12.0. The molecule has 0 radical (unpaired) electrons. The molecule has 9 heavy (non-hydrogen) atoms. The van der Waals surface area contributed by atoms with E-state index < -0.39 is 7.26 Å². The quantitative estimate of drug-likeness (QED) is 0.489. The predicted octanol–water partition coefficient (Wildman–Crippen LogP) is -1.72. The van der Waals surface area contributed by atoms with Gasteiger partial charge in [-0.25, -0.2) is 0 Å². The Hall–Kier alpha value is 0.680. The molecule has 1 unspecified atom stereocenters. The van der Waals surface area contributed by atoms with Crippen LogP contribution < -0.4 is 12.4 Å². The van der Waals surface area contributed by atoms with Crippen LogP contribution in [0.3, 0.4) is 0 Å². The molecule has 0 fully saturated rings. The summed E-state index contributed by atoms with van der Waals surface area (Å²) in [7, 11) is -0.722. The molecule has 0 heterocycles. The Kier molecular flexibility index (Phi) is 6.17. The second-order valence-electron chi connectivity index (χ2n) is 3.32. The van der Waals surface area contributed by atoms with Gasteiger partial charge in [-0.15, -0.1) is 0 Å². The minimum atomic E-state index is -0.722. The molecule has 1 atom stereocenters. The molecule has 58 valence electrons. The van der Waals surface area contributed by atoms with E-state index >= 15 is 0 Å². The summed E-state index contributed by atoms with van der Waals surface area (Å²) in [6, 6.07) is 0. The number of aliphatic hydroxyl groups excluding tert-OH is 1. The molecule has 0 amide bonds. The molecule has 0 aromatic rings. The highest BCUT2D eigenvalue weighted by molar-refractivity contribution is 7.73. The van der Waals surface area contributed by atoms with Crippen LogP contribution in [0.1, 0.15) is 6.92 Å². The van der Waals surface area contributed by atoms with Gasteiger partial charge in [0.1, 0.15) is 0 Å². The zero-order chi connectivity index (χ0) is 6.78. The van der Waals surface area contributed by atoms with Crippen LogP contribution in [0, 0.1) is 0 Å². The van der Waals surface area contributed by atoms with E-state index in [1.807, 2.05) is 6.92 Å². The van der Waals surface area contributed by atoms with Crippen LogP contribution in [0.2, 0.25) is 0 Å². The summed E-state index contributed by atoms with van der Waals surface area (Å²) in [4.78, 5) is 0. The van der Waals surface area contributed by atoms with Crippen LogP contribution in [0.25, 0.3) is 0 Å². The molecule has 0 saturated heterocycles. The van der Waals surface area contributed by atoms with Gasteiger partial charge >= 0.3 is 0 Å². The van der Waals surface area contributed by atoms with Crippen LogP contribution in [-0.2, 0) is 0 Å². The molecule has 0 bridgehead atoms. The van der Waals surface area contributed by atoms with Crippen molar-refractivity contribution in [2.75, 3.05) is 26.2 Å². The zero-order valence-electron chi connectivity index (χ0n) is 6.56. The second kappa shape index (κ2) is 4.49. The number of rotatable bonds is 2. The Balaban J connectivity index is 0. The fraction of sp³-hybridized carbons (Fsp3) is 1.00. The highest BCUT2D eigenvalue weighted by Crippen LogP contribution is 2.46. The maximum absolute atomic E-state index is 8.92. The van der Waals surface area contributed by atoms with Crippen molar-refractivity contribution < 1.29 is 17.5 Å². The molecular formula is C6H16ClOP. The molecule has 0 aromatic carbocycles. The summed E-state index contributed by atoms with van der Waals surface area (Å²) in [5, 5.41) is 8.92. The number of hydrogen-bond acceptors (Lipinski definition) is 1. The average Bonchev–Trinajstić information content (AvgIpc) is 1.21. The molecule has 0 aliphatic heterocycles. The first-order chi connectivity index (χ1) is 3.42. The van der Waals surface area contributed by atoms with E-state index in [-0.39, 0.29) is 18.5 Å². The van der Waals surface area contributed by atoms with Crippen molar-refractivity contribution in [2.45, 2.75) is 13.0 Å². The summed E-state index contributed by atoms with van der Waals surface area (Å²) in [6.45, 7) is 8.56. The van der Waals surface area contributed by atoms with Crippen molar-refractivity contribution in [2.24, 2.45) is 0 Å². The monoisotopic (exact) mass is 170 g/mol. The van der Waals surface area contributed by atoms with E-state index in [0.29, 0.717) is 0 Å². The lowest BCUT2D eigenvalue weighted by Gasteiger charge is -2.12. The average molecular weight is 171 g/mol. The Morgan fingerprint density at radius 1 is 1.33 bits per heavy atom. The predicted molar refractivity (Wildman–Crippen MR) is 41.2 cm³/mol. The molecular weight excluding hydrogens is 154 g/mol. The summed E-state index contributed by atoms with van der Waals surface area (Å²) in [5.41, 5.74) is 0. The van der Waals surface area contributed by atoms with Crippen LogP contribution >= 0.6 is 7.26 Å². The normalized spacial score (nSPS) is 14.3. The Bertz CT molecular complexity index is 67.9. The molecule has 1 N–H and O–H groups in total. The minimum Gasteiger partial charge on any atom is -1.00 e. The van der Waals surface area contributed by atoms with Gasteiger partial charge in [0.05, 0.1) is 12.3 Å². The van der Waals surface area contributed by atoms with Gasteiger partial charge in [0, 0.05) is 27.3 Å². The Morgan fingerprint density at radius 2 is 1.67 bits per heavy atom. The topological polar surface area (TPSA) is 20.2 Å². The number of aliphatic hydroxyl groups is 1. The lowest BCUT2D eigenvalue weighted by Crippen LogP contribution is -3.00.